The van der Waals surface area contributed by atoms with Crippen molar-refractivity contribution in [1.29, 1.82) is 0 Å². The highest BCUT2D eigenvalue weighted by Crippen LogP contribution is 2.29. The van der Waals surface area contributed by atoms with E-state index in [9.17, 15) is 4.39 Å². The zero-order chi connectivity index (χ0) is 14.7. The van der Waals surface area contributed by atoms with Crippen molar-refractivity contribution in [3.05, 3.63) is 52.3 Å². The summed E-state index contributed by atoms with van der Waals surface area (Å²) in [4.78, 5) is 0.272. The van der Waals surface area contributed by atoms with Gasteiger partial charge in [0.05, 0.1) is 7.11 Å². The van der Waals surface area contributed by atoms with Crippen molar-refractivity contribution in [3.8, 4) is 5.75 Å². The number of nitrogens with one attached hydrogen (secondary N) is 1. The summed E-state index contributed by atoms with van der Waals surface area (Å²) < 4.78 is 19.1. The summed E-state index contributed by atoms with van der Waals surface area (Å²) >= 11 is 8.45. The Labute approximate surface area is 130 Å². The van der Waals surface area contributed by atoms with Gasteiger partial charge in [0.25, 0.3) is 0 Å². The first kappa shape index (κ1) is 14.7. The highest BCUT2D eigenvalue weighted by Gasteiger charge is 2.10. The second-order valence-corrected chi connectivity index (χ2v) is 5.30. The predicted molar refractivity (Wildman–Crippen MR) is 86.3 cm³/mol. The number of nitrogens with two attached hydrogens (primary N) is 1. The SMILES string of the molecule is COc1cc(Nc2cccc(Br)c2C(N)=S)ccc1F. The molecule has 0 amide bonds. The van der Waals surface area contributed by atoms with Gasteiger partial charge >= 0.3 is 0 Å². The molecule has 6 heteroatoms. The fourth-order valence-electron chi connectivity index (χ4n) is 1.77. The number of benzene rings is 2. The van der Waals surface area contributed by atoms with Crippen LogP contribution in [0.15, 0.2) is 40.9 Å². The van der Waals surface area contributed by atoms with E-state index in [1.807, 2.05) is 18.2 Å². The minimum Gasteiger partial charge on any atom is -0.494 e. The topological polar surface area (TPSA) is 47.3 Å². The summed E-state index contributed by atoms with van der Waals surface area (Å²) in [6, 6.07) is 10.1. The van der Waals surface area contributed by atoms with Gasteiger partial charge in [0.15, 0.2) is 11.6 Å². The normalized spacial score (nSPS) is 10.2. The highest BCUT2D eigenvalue weighted by molar-refractivity contribution is 9.10. The summed E-state index contributed by atoms with van der Waals surface area (Å²) in [7, 11) is 1.42. The Hall–Kier alpha value is -1.66. The molecular formula is C14H12BrFN2OS. The lowest BCUT2D eigenvalue weighted by molar-refractivity contribution is 0.387. The zero-order valence-corrected chi connectivity index (χ0v) is 13.0. The van der Waals surface area contributed by atoms with Crippen LogP contribution < -0.4 is 15.8 Å². The van der Waals surface area contributed by atoms with Gasteiger partial charge in [-0.3, -0.25) is 0 Å². The average molecular weight is 355 g/mol. The number of thiocarbonyl (C=S) groups is 1. The Kier molecular flexibility index (Phi) is 4.57. The molecule has 0 spiro atoms. The third-order valence-electron chi connectivity index (χ3n) is 2.69. The van der Waals surface area contributed by atoms with Crippen LogP contribution in [0.5, 0.6) is 5.75 Å². The van der Waals surface area contributed by atoms with Gasteiger partial charge < -0.3 is 15.8 Å². The highest BCUT2D eigenvalue weighted by atomic mass is 79.9. The Morgan fingerprint density at radius 3 is 2.75 bits per heavy atom. The Morgan fingerprint density at radius 1 is 1.35 bits per heavy atom. The molecule has 0 fully saturated rings. The molecule has 0 aliphatic carbocycles. The lowest BCUT2D eigenvalue weighted by Crippen LogP contribution is -2.12. The van der Waals surface area contributed by atoms with E-state index in [1.165, 1.54) is 13.2 Å². The number of rotatable bonds is 4. The molecule has 2 aromatic rings. The van der Waals surface area contributed by atoms with Gasteiger partial charge in [-0.2, -0.15) is 0 Å². The maximum Gasteiger partial charge on any atom is 0.165 e. The van der Waals surface area contributed by atoms with Crippen LogP contribution in [0.25, 0.3) is 0 Å². The first-order valence-electron chi connectivity index (χ1n) is 5.72. The molecule has 0 aromatic heterocycles. The Balaban J connectivity index is 2.40. The Bertz CT molecular complexity index is 664. The summed E-state index contributed by atoms with van der Waals surface area (Å²) in [6.45, 7) is 0. The third kappa shape index (κ3) is 3.08. The number of hydrogen-bond donors (Lipinski definition) is 2. The maximum atomic E-state index is 13.4. The van der Waals surface area contributed by atoms with Gasteiger partial charge in [0, 0.05) is 27.5 Å². The number of anilines is 2. The van der Waals surface area contributed by atoms with E-state index < -0.39 is 5.82 Å². The largest absolute Gasteiger partial charge is 0.494 e. The quantitative estimate of drug-likeness (QED) is 0.815. The fourth-order valence-corrected chi connectivity index (χ4v) is 2.70. The molecule has 0 saturated carbocycles. The number of methoxy groups -OCH3 is 1. The van der Waals surface area contributed by atoms with E-state index in [0.29, 0.717) is 11.3 Å². The minimum atomic E-state index is -0.415. The van der Waals surface area contributed by atoms with Crippen molar-refractivity contribution < 1.29 is 9.13 Å². The summed E-state index contributed by atoms with van der Waals surface area (Å²) in [5, 5.41) is 3.15. The molecule has 2 rings (SSSR count). The molecule has 3 nitrogen and oxygen atoms in total. The predicted octanol–water partition coefficient (Wildman–Crippen LogP) is 3.97. The summed E-state index contributed by atoms with van der Waals surface area (Å²) in [5.41, 5.74) is 7.84. The van der Waals surface area contributed by atoms with Gasteiger partial charge in [-0.25, -0.2) is 4.39 Å². The first-order valence-corrected chi connectivity index (χ1v) is 6.92. The van der Waals surface area contributed by atoms with Gasteiger partial charge in [-0.15, -0.1) is 0 Å². The number of ether oxygens (including phenoxy) is 1. The van der Waals surface area contributed by atoms with Crippen LogP contribution in [0.3, 0.4) is 0 Å². The first-order chi connectivity index (χ1) is 9.52. The second kappa shape index (κ2) is 6.19. The Morgan fingerprint density at radius 2 is 2.10 bits per heavy atom. The van der Waals surface area contributed by atoms with Crippen LogP contribution in [0.4, 0.5) is 15.8 Å². The second-order valence-electron chi connectivity index (χ2n) is 4.00. The van der Waals surface area contributed by atoms with Crippen LogP contribution in [0, 0.1) is 5.82 Å². The standard InChI is InChI=1S/C14H12BrFN2OS/c1-19-12-7-8(5-6-10(12)16)18-11-4-2-3-9(15)13(11)14(17)20/h2-7,18H,1H3,(H2,17,20). The van der Waals surface area contributed by atoms with Gasteiger partial charge in [-0.1, -0.05) is 18.3 Å². The van der Waals surface area contributed by atoms with E-state index >= 15 is 0 Å². The fraction of sp³-hybridized carbons (Fsp3) is 0.0714. The minimum absolute atomic E-state index is 0.168. The van der Waals surface area contributed by atoms with E-state index in [1.54, 1.807) is 12.1 Å². The smallest absolute Gasteiger partial charge is 0.165 e. The molecule has 0 heterocycles. The van der Waals surface area contributed by atoms with E-state index in [2.05, 4.69) is 21.2 Å². The molecule has 0 aliphatic heterocycles. The van der Waals surface area contributed by atoms with Crippen LogP contribution in [0.1, 0.15) is 5.56 Å². The van der Waals surface area contributed by atoms with Crippen molar-refractivity contribution in [2.75, 3.05) is 12.4 Å². The van der Waals surface area contributed by atoms with Crippen molar-refractivity contribution in [1.82, 2.24) is 0 Å². The molecule has 0 unspecified atom stereocenters. The number of hydrogen-bond acceptors (Lipinski definition) is 3. The van der Waals surface area contributed by atoms with Crippen molar-refractivity contribution in [2.45, 2.75) is 0 Å². The van der Waals surface area contributed by atoms with Crippen molar-refractivity contribution >= 4 is 44.5 Å². The van der Waals surface area contributed by atoms with Gasteiger partial charge in [-0.05, 0) is 40.2 Å². The molecule has 0 aliphatic rings. The van der Waals surface area contributed by atoms with E-state index in [-0.39, 0.29) is 10.7 Å². The molecule has 104 valence electrons. The molecule has 0 bridgehead atoms. The van der Waals surface area contributed by atoms with Crippen LogP contribution in [0.2, 0.25) is 0 Å². The van der Waals surface area contributed by atoms with E-state index in [0.717, 1.165) is 10.2 Å². The zero-order valence-electron chi connectivity index (χ0n) is 10.6. The van der Waals surface area contributed by atoms with Gasteiger partial charge in [0.1, 0.15) is 4.99 Å². The maximum absolute atomic E-state index is 13.4. The van der Waals surface area contributed by atoms with Crippen LogP contribution in [-0.2, 0) is 0 Å². The molecular weight excluding hydrogens is 343 g/mol. The molecule has 20 heavy (non-hydrogen) atoms. The van der Waals surface area contributed by atoms with Crippen LogP contribution >= 0.6 is 28.1 Å². The monoisotopic (exact) mass is 354 g/mol. The average Bonchev–Trinajstić information content (AvgIpc) is 2.40. The molecule has 0 atom stereocenters. The van der Waals surface area contributed by atoms with Crippen molar-refractivity contribution in [3.63, 3.8) is 0 Å². The third-order valence-corrected chi connectivity index (χ3v) is 3.56. The summed E-state index contributed by atoms with van der Waals surface area (Å²) in [5.74, 6) is -0.247. The molecule has 2 aromatic carbocycles. The molecule has 0 saturated heterocycles. The lowest BCUT2D eigenvalue weighted by atomic mass is 10.1. The van der Waals surface area contributed by atoms with Crippen molar-refractivity contribution in [2.24, 2.45) is 5.73 Å². The number of halogens is 2. The molecule has 0 radical (unpaired) electrons. The lowest BCUT2D eigenvalue weighted by Gasteiger charge is -2.13. The molecule has 3 N–H and O–H groups in total. The van der Waals surface area contributed by atoms with E-state index in [4.69, 9.17) is 22.7 Å². The van der Waals surface area contributed by atoms with Crippen LogP contribution in [-0.4, -0.2) is 12.1 Å². The van der Waals surface area contributed by atoms with Gasteiger partial charge in [0.2, 0.25) is 0 Å². The summed E-state index contributed by atoms with van der Waals surface area (Å²) in [6.07, 6.45) is 0.